The molecular weight excluding hydrogens is 236 g/mol. The Bertz CT molecular complexity index is 656. The van der Waals surface area contributed by atoms with Gasteiger partial charge in [0.1, 0.15) is 0 Å². The molecule has 5 heteroatoms. The molecule has 1 aromatic heterocycles. The van der Waals surface area contributed by atoms with Gasteiger partial charge in [-0.15, -0.1) is 0 Å². The number of aromatic nitrogens is 1. The van der Waals surface area contributed by atoms with Crippen LogP contribution in [0.2, 0.25) is 0 Å². The largest absolute Gasteiger partial charge is 0.398 e. The lowest BCUT2D eigenvalue weighted by Crippen LogP contribution is -2.00. The van der Waals surface area contributed by atoms with Crippen LogP contribution >= 0.6 is 0 Å². The summed E-state index contributed by atoms with van der Waals surface area (Å²) in [6.45, 7) is 2.82. The fourth-order valence-corrected chi connectivity index (χ4v) is 2.91. The standard InChI is InChI=1S/C12H16N2O2S/c1-3-14-7-9(8-17(2,15)16)12-10(13)5-4-6-11(12)14/h4-7H,3,8,13H2,1-2H3. The van der Waals surface area contributed by atoms with E-state index in [0.717, 1.165) is 23.0 Å². The molecular formula is C12H16N2O2S. The quantitative estimate of drug-likeness (QED) is 0.847. The highest BCUT2D eigenvalue weighted by molar-refractivity contribution is 7.89. The number of anilines is 1. The first-order valence-electron chi connectivity index (χ1n) is 5.46. The van der Waals surface area contributed by atoms with E-state index in [1.54, 1.807) is 6.07 Å². The Morgan fingerprint density at radius 2 is 2.06 bits per heavy atom. The van der Waals surface area contributed by atoms with E-state index in [0.29, 0.717) is 5.69 Å². The number of sulfone groups is 1. The minimum atomic E-state index is -3.05. The Balaban J connectivity index is 2.71. The molecule has 17 heavy (non-hydrogen) atoms. The number of nitrogens with two attached hydrogens (primary N) is 1. The molecule has 2 aromatic rings. The second kappa shape index (κ2) is 4.07. The molecule has 0 saturated heterocycles. The summed E-state index contributed by atoms with van der Waals surface area (Å²) in [5.41, 5.74) is 8.34. The number of rotatable bonds is 3. The zero-order valence-electron chi connectivity index (χ0n) is 9.97. The van der Waals surface area contributed by atoms with E-state index in [1.807, 2.05) is 29.8 Å². The van der Waals surface area contributed by atoms with E-state index < -0.39 is 9.84 Å². The molecule has 0 spiro atoms. The van der Waals surface area contributed by atoms with Crippen molar-refractivity contribution >= 4 is 26.4 Å². The van der Waals surface area contributed by atoms with Crippen LogP contribution in [0.5, 0.6) is 0 Å². The zero-order valence-corrected chi connectivity index (χ0v) is 10.8. The maximum Gasteiger partial charge on any atom is 0.151 e. The van der Waals surface area contributed by atoms with Crippen molar-refractivity contribution in [2.75, 3.05) is 12.0 Å². The van der Waals surface area contributed by atoms with Gasteiger partial charge in [-0.2, -0.15) is 0 Å². The molecule has 92 valence electrons. The third-order valence-electron chi connectivity index (χ3n) is 2.78. The molecule has 0 aliphatic rings. The van der Waals surface area contributed by atoms with Gasteiger partial charge in [-0.25, -0.2) is 8.42 Å². The SMILES string of the molecule is CCn1cc(CS(C)(=O)=O)c2c(N)cccc21. The lowest BCUT2D eigenvalue weighted by molar-refractivity contribution is 0.601. The van der Waals surface area contributed by atoms with Gasteiger partial charge in [0.05, 0.1) is 11.3 Å². The summed E-state index contributed by atoms with van der Waals surface area (Å²) < 4.78 is 24.8. The van der Waals surface area contributed by atoms with Gasteiger partial charge < -0.3 is 10.3 Å². The Morgan fingerprint density at radius 3 is 2.65 bits per heavy atom. The lowest BCUT2D eigenvalue weighted by atomic mass is 10.1. The summed E-state index contributed by atoms with van der Waals surface area (Å²) in [6, 6.07) is 5.64. The number of aryl methyl sites for hydroxylation is 1. The molecule has 0 saturated carbocycles. The average molecular weight is 252 g/mol. The van der Waals surface area contributed by atoms with E-state index in [9.17, 15) is 8.42 Å². The third-order valence-corrected chi connectivity index (χ3v) is 3.61. The minimum absolute atomic E-state index is 0.0325. The van der Waals surface area contributed by atoms with E-state index in [-0.39, 0.29) is 5.75 Å². The highest BCUT2D eigenvalue weighted by Gasteiger charge is 2.14. The molecule has 0 fully saturated rings. The lowest BCUT2D eigenvalue weighted by Gasteiger charge is -2.01. The fourth-order valence-electron chi connectivity index (χ4n) is 2.12. The number of fused-ring (bicyclic) bond motifs is 1. The van der Waals surface area contributed by atoms with Crippen LogP contribution in [0.3, 0.4) is 0 Å². The molecule has 0 atom stereocenters. The van der Waals surface area contributed by atoms with Crippen molar-refractivity contribution in [1.29, 1.82) is 0 Å². The van der Waals surface area contributed by atoms with E-state index in [1.165, 1.54) is 6.26 Å². The van der Waals surface area contributed by atoms with Gasteiger partial charge in [0.25, 0.3) is 0 Å². The second-order valence-corrected chi connectivity index (χ2v) is 6.39. The maximum absolute atomic E-state index is 11.4. The molecule has 4 nitrogen and oxygen atoms in total. The Kier molecular flexibility index (Phi) is 2.87. The molecule has 0 radical (unpaired) electrons. The first-order chi connectivity index (χ1) is 7.92. The fraction of sp³-hybridized carbons (Fsp3) is 0.333. The predicted molar refractivity (Wildman–Crippen MR) is 70.6 cm³/mol. The van der Waals surface area contributed by atoms with Crippen LogP contribution in [-0.2, 0) is 22.1 Å². The molecule has 2 N–H and O–H groups in total. The smallest absolute Gasteiger partial charge is 0.151 e. The van der Waals surface area contributed by atoms with Gasteiger partial charge >= 0.3 is 0 Å². The zero-order chi connectivity index (χ0) is 12.6. The van der Waals surface area contributed by atoms with Gasteiger partial charge in [-0.1, -0.05) is 6.07 Å². The number of hydrogen-bond acceptors (Lipinski definition) is 3. The van der Waals surface area contributed by atoms with Gasteiger partial charge in [0, 0.05) is 30.1 Å². The Labute approximate surface area is 101 Å². The predicted octanol–water partition coefficient (Wildman–Crippen LogP) is 1.79. The van der Waals surface area contributed by atoms with Crippen LogP contribution in [0, 0.1) is 0 Å². The monoisotopic (exact) mass is 252 g/mol. The summed E-state index contributed by atoms with van der Waals surface area (Å²) in [7, 11) is -3.05. The summed E-state index contributed by atoms with van der Waals surface area (Å²) in [5, 5.41) is 0.861. The minimum Gasteiger partial charge on any atom is -0.398 e. The summed E-state index contributed by atoms with van der Waals surface area (Å²) in [5.74, 6) is 0.0325. The van der Waals surface area contributed by atoms with Crippen LogP contribution in [-0.4, -0.2) is 19.2 Å². The number of nitrogens with zero attached hydrogens (tertiary/aromatic N) is 1. The van der Waals surface area contributed by atoms with Crippen LogP contribution in [0.25, 0.3) is 10.9 Å². The molecule has 2 rings (SSSR count). The van der Waals surface area contributed by atoms with Crippen LogP contribution in [0.4, 0.5) is 5.69 Å². The highest BCUT2D eigenvalue weighted by Crippen LogP contribution is 2.28. The van der Waals surface area contributed by atoms with Gasteiger partial charge in [-0.05, 0) is 24.6 Å². The van der Waals surface area contributed by atoms with Crippen molar-refractivity contribution < 1.29 is 8.42 Å². The number of hydrogen-bond donors (Lipinski definition) is 1. The molecule has 0 bridgehead atoms. The summed E-state index contributed by atoms with van der Waals surface area (Å²) >= 11 is 0. The third kappa shape index (κ3) is 2.29. The molecule has 0 unspecified atom stereocenters. The van der Waals surface area contributed by atoms with Gasteiger partial charge in [-0.3, -0.25) is 0 Å². The first-order valence-corrected chi connectivity index (χ1v) is 7.52. The Morgan fingerprint density at radius 1 is 1.35 bits per heavy atom. The molecule has 0 aliphatic heterocycles. The summed E-state index contributed by atoms with van der Waals surface area (Å²) in [6.07, 6.45) is 3.11. The summed E-state index contributed by atoms with van der Waals surface area (Å²) in [4.78, 5) is 0. The molecule has 0 amide bonds. The molecule has 0 aliphatic carbocycles. The van der Waals surface area contributed by atoms with E-state index >= 15 is 0 Å². The van der Waals surface area contributed by atoms with Crippen LogP contribution in [0.1, 0.15) is 12.5 Å². The van der Waals surface area contributed by atoms with Crippen molar-refractivity contribution in [1.82, 2.24) is 4.57 Å². The van der Waals surface area contributed by atoms with Crippen molar-refractivity contribution in [3.63, 3.8) is 0 Å². The highest BCUT2D eigenvalue weighted by atomic mass is 32.2. The first kappa shape index (κ1) is 12.0. The van der Waals surface area contributed by atoms with Gasteiger partial charge in [0.15, 0.2) is 9.84 Å². The van der Waals surface area contributed by atoms with Crippen molar-refractivity contribution in [2.24, 2.45) is 0 Å². The number of benzene rings is 1. The second-order valence-electron chi connectivity index (χ2n) is 4.25. The maximum atomic E-state index is 11.4. The van der Waals surface area contributed by atoms with E-state index in [4.69, 9.17) is 5.73 Å². The topological polar surface area (TPSA) is 65.1 Å². The molecule has 1 heterocycles. The average Bonchev–Trinajstić information content (AvgIpc) is 2.55. The molecule has 1 aromatic carbocycles. The number of nitrogen functional groups attached to an aromatic ring is 1. The van der Waals surface area contributed by atoms with Gasteiger partial charge in [0.2, 0.25) is 0 Å². The van der Waals surface area contributed by atoms with Crippen molar-refractivity contribution in [2.45, 2.75) is 19.2 Å². The van der Waals surface area contributed by atoms with E-state index in [2.05, 4.69) is 0 Å². The van der Waals surface area contributed by atoms with Crippen molar-refractivity contribution in [3.8, 4) is 0 Å². The van der Waals surface area contributed by atoms with Crippen LogP contribution in [0.15, 0.2) is 24.4 Å². The van der Waals surface area contributed by atoms with Crippen molar-refractivity contribution in [3.05, 3.63) is 30.0 Å². The van der Waals surface area contributed by atoms with Crippen LogP contribution < -0.4 is 5.73 Å². The Hall–Kier alpha value is -1.49. The normalized spacial score (nSPS) is 12.1.